The molecule has 0 radical (unpaired) electrons. The molecule has 0 bridgehead atoms. The maximum Gasteiger partial charge on any atom is 0.323 e. The number of aromatic nitrogens is 2. The first kappa shape index (κ1) is 12.9. The van der Waals surface area contributed by atoms with Crippen LogP contribution >= 0.6 is 0 Å². The molecule has 0 saturated heterocycles. The lowest BCUT2D eigenvalue weighted by Gasteiger charge is -2.04. The minimum absolute atomic E-state index is 0.276. The number of carbonyl (C=O) groups is 2. The molecule has 0 atom stereocenters. The number of rotatable bonds is 4. The van der Waals surface area contributed by atoms with Gasteiger partial charge < -0.3 is 20.0 Å². The number of amides is 1. The number of nitrogens with one attached hydrogen (secondary N) is 3. The molecule has 2 rings (SSSR count). The van der Waals surface area contributed by atoms with Crippen LogP contribution in [0.25, 0.3) is 11.0 Å². The minimum atomic E-state index is -0.581. The van der Waals surface area contributed by atoms with Crippen molar-refractivity contribution in [1.82, 2.24) is 15.3 Å². The highest BCUT2D eigenvalue weighted by Crippen LogP contribution is 2.09. The van der Waals surface area contributed by atoms with Crippen molar-refractivity contribution in [2.75, 3.05) is 7.11 Å². The first-order valence-electron chi connectivity index (χ1n) is 5.63. The molecule has 2 aromatic rings. The van der Waals surface area contributed by atoms with E-state index in [9.17, 15) is 14.4 Å². The van der Waals surface area contributed by atoms with Gasteiger partial charge in [0, 0.05) is 6.54 Å². The van der Waals surface area contributed by atoms with Gasteiger partial charge in [-0.1, -0.05) is 6.07 Å². The summed E-state index contributed by atoms with van der Waals surface area (Å²) in [5.41, 5.74) is 1.92. The summed E-state index contributed by atoms with van der Waals surface area (Å²) in [5.74, 6) is -0.988. The maximum atomic E-state index is 11.4. The molecular formula is C12H13N3O4. The van der Waals surface area contributed by atoms with Gasteiger partial charge in [0.1, 0.15) is 6.42 Å². The van der Waals surface area contributed by atoms with E-state index in [1.54, 1.807) is 18.2 Å². The number of benzene rings is 1. The molecule has 0 aliphatic carbocycles. The molecule has 7 heteroatoms. The first-order chi connectivity index (χ1) is 9.08. The van der Waals surface area contributed by atoms with E-state index in [2.05, 4.69) is 20.0 Å². The Labute approximate surface area is 108 Å². The lowest BCUT2D eigenvalue weighted by molar-refractivity contribution is -0.143. The van der Waals surface area contributed by atoms with Crippen LogP contribution in [0.2, 0.25) is 0 Å². The van der Waals surface area contributed by atoms with Crippen molar-refractivity contribution in [3.63, 3.8) is 0 Å². The third kappa shape index (κ3) is 3.21. The summed E-state index contributed by atoms with van der Waals surface area (Å²) in [7, 11) is 1.23. The van der Waals surface area contributed by atoms with Crippen molar-refractivity contribution in [2.45, 2.75) is 13.0 Å². The number of imidazole rings is 1. The number of hydrogen-bond donors (Lipinski definition) is 3. The van der Waals surface area contributed by atoms with Crippen LogP contribution < -0.4 is 11.0 Å². The SMILES string of the molecule is COC(=O)CC(=O)NCc1ccc2[nH]c(=O)[nH]c2c1. The average molecular weight is 263 g/mol. The molecule has 1 amide bonds. The van der Waals surface area contributed by atoms with Crippen LogP contribution in [-0.2, 0) is 20.9 Å². The van der Waals surface area contributed by atoms with Crippen LogP contribution in [0.4, 0.5) is 0 Å². The third-order valence-corrected chi connectivity index (χ3v) is 2.60. The second-order valence-corrected chi connectivity index (χ2v) is 3.99. The van der Waals surface area contributed by atoms with Gasteiger partial charge in [-0.2, -0.15) is 0 Å². The molecule has 1 aromatic heterocycles. The molecule has 100 valence electrons. The fraction of sp³-hybridized carbons (Fsp3) is 0.250. The Morgan fingerprint density at radius 3 is 2.74 bits per heavy atom. The maximum absolute atomic E-state index is 11.4. The Morgan fingerprint density at radius 1 is 1.26 bits per heavy atom. The van der Waals surface area contributed by atoms with Crippen LogP contribution in [0.15, 0.2) is 23.0 Å². The van der Waals surface area contributed by atoms with Crippen molar-refractivity contribution in [1.29, 1.82) is 0 Å². The minimum Gasteiger partial charge on any atom is -0.469 e. The summed E-state index contributed by atoms with van der Waals surface area (Å²) >= 11 is 0. The highest BCUT2D eigenvalue weighted by atomic mass is 16.5. The Kier molecular flexibility index (Phi) is 3.65. The van der Waals surface area contributed by atoms with E-state index in [0.717, 1.165) is 5.56 Å². The van der Waals surface area contributed by atoms with Crippen LogP contribution in [-0.4, -0.2) is 29.0 Å². The molecular weight excluding hydrogens is 250 g/mol. The number of aromatic amines is 2. The van der Waals surface area contributed by atoms with Crippen molar-refractivity contribution in [2.24, 2.45) is 0 Å². The van der Waals surface area contributed by atoms with Crippen molar-refractivity contribution >= 4 is 22.9 Å². The van der Waals surface area contributed by atoms with Crippen LogP contribution in [0, 0.1) is 0 Å². The predicted octanol–water partition coefficient (Wildman–Crippen LogP) is 0.0355. The van der Waals surface area contributed by atoms with Crippen LogP contribution in [0.3, 0.4) is 0 Å². The summed E-state index contributed by atoms with van der Waals surface area (Å²) in [6.45, 7) is 0.277. The van der Waals surface area contributed by atoms with Gasteiger partial charge in [0.05, 0.1) is 18.1 Å². The largest absolute Gasteiger partial charge is 0.469 e. The van der Waals surface area contributed by atoms with Crippen molar-refractivity contribution in [3.8, 4) is 0 Å². The third-order valence-electron chi connectivity index (χ3n) is 2.60. The highest BCUT2D eigenvalue weighted by Gasteiger charge is 2.09. The first-order valence-corrected chi connectivity index (χ1v) is 5.63. The van der Waals surface area contributed by atoms with Gasteiger partial charge in [-0.3, -0.25) is 9.59 Å². The standard InChI is InChI=1S/C12H13N3O4/c1-19-11(17)5-10(16)13-6-7-2-3-8-9(4-7)15-12(18)14-8/h2-4H,5-6H2,1H3,(H,13,16)(H2,14,15,18). The van der Waals surface area contributed by atoms with E-state index < -0.39 is 11.9 Å². The van der Waals surface area contributed by atoms with Gasteiger partial charge >= 0.3 is 11.7 Å². The van der Waals surface area contributed by atoms with Gasteiger partial charge in [-0.05, 0) is 17.7 Å². The molecule has 3 N–H and O–H groups in total. The van der Waals surface area contributed by atoms with E-state index in [1.807, 2.05) is 0 Å². The molecule has 0 aliphatic rings. The molecule has 0 spiro atoms. The number of ether oxygens (including phenoxy) is 1. The zero-order valence-electron chi connectivity index (χ0n) is 10.3. The number of carbonyl (C=O) groups excluding carboxylic acids is 2. The van der Waals surface area contributed by atoms with Gasteiger partial charge in [0.25, 0.3) is 0 Å². The fourth-order valence-corrected chi connectivity index (χ4v) is 1.66. The quantitative estimate of drug-likeness (QED) is 0.535. The molecule has 19 heavy (non-hydrogen) atoms. The van der Waals surface area contributed by atoms with Crippen LogP contribution in [0.5, 0.6) is 0 Å². The van der Waals surface area contributed by atoms with Crippen LogP contribution in [0.1, 0.15) is 12.0 Å². The Morgan fingerprint density at radius 2 is 2.00 bits per heavy atom. The van der Waals surface area contributed by atoms with E-state index in [-0.39, 0.29) is 18.7 Å². The summed E-state index contributed by atoms with van der Waals surface area (Å²) in [4.78, 5) is 38.6. The number of H-pyrrole nitrogens is 2. The Hall–Kier alpha value is -2.57. The molecule has 1 heterocycles. The molecule has 0 saturated carbocycles. The monoisotopic (exact) mass is 263 g/mol. The summed E-state index contributed by atoms with van der Waals surface area (Å²) in [6.07, 6.45) is -0.306. The predicted molar refractivity (Wildman–Crippen MR) is 67.4 cm³/mol. The zero-order valence-corrected chi connectivity index (χ0v) is 10.3. The zero-order chi connectivity index (χ0) is 13.8. The second kappa shape index (κ2) is 5.38. The number of methoxy groups -OCH3 is 1. The van der Waals surface area contributed by atoms with Crippen molar-refractivity contribution in [3.05, 3.63) is 34.2 Å². The van der Waals surface area contributed by atoms with E-state index in [0.29, 0.717) is 11.0 Å². The summed E-state index contributed by atoms with van der Waals surface area (Å²) in [5, 5.41) is 2.59. The summed E-state index contributed by atoms with van der Waals surface area (Å²) < 4.78 is 4.39. The smallest absolute Gasteiger partial charge is 0.323 e. The second-order valence-electron chi connectivity index (χ2n) is 3.99. The molecule has 0 fully saturated rings. The normalized spacial score (nSPS) is 10.4. The Bertz CT molecular complexity index is 671. The topological polar surface area (TPSA) is 104 Å². The van der Waals surface area contributed by atoms with Gasteiger partial charge in [-0.25, -0.2) is 4.79 Å². The number of fused-ring (bicyclic) bond motifs is 1. The van der Waals surface area contributed by atoms with Gasteiger partial charge in [-0.15, -0.1) is 0 Å². The van der Waals surface area contributed by atoms with Gasteiger partial charge in [0.2, 0.25) is 5.91 Å². The lowest BCUT2D eigenvalue weighted by Crippen LogP contribution is -2.25. The van der Waals surface area contributed by atoms with Gasteiger partial charge in [0.15, 0.2) is 0 Å². The van der Waals surface area contributed by atoms with E-state index in [4.69, 9.17) is 0 Å². The summed E-state index contributed by atoms with van der Waals surface area (Å²) in [6, 6.07) is 5.28. The van der Waals surface area contributed by atoms with E-state index >= 15 is 0 Å². The molecule has 0 aliphatic heterocycles. The average Bonchev–Trinajstić information content (AvgIpc) is 2.75. The molecule has 7 nitrogen and oxygen atoms in total. The molecule has 1 aromatic carbocycles. The number of hydrogen-bond acceptors (Lipinski definition) is 4. The van der Waals surface area contributed by atoms with E-state index in [1.165, 1.54) is 7.11 Å². The fourth-order valence-electron chi connectivity index (χ4n) is 1.66. The number of esters is 1. The lowest BCUT2D eigenvalue weighted by atomic mass is 10.2. The highest BCUT2D eigenvalue weighted by molar-refractivity contribution is 5.94. The Balaban J connectivity index is 1.99. The molecule has 0 unspecified atom stereocenters. The van der Waals surface area contributed by atoms with Crippen molar-refractivity contribution < 1.29 is 14.3 Å².